The van der Waals surface area contributed by atoms with Crippen molar-refractivity contribution >= 4 is 21.6 Å². The molecule has 0 spiro atoms. The van der Waals surface area contributed by atoms with Crippen LogP contribution >= 0.6 is 0 Å². The number of hydrogen-bond acceptors (Lipinski definition) is 4. The first-order valence-corrected chi connectivity index (χ1v) is 11.4. The Morgan fingerprint density at radius 2 is 2.07 bits per heavy atom. The van der Waals surface area contributed by atoms with Gasteiger partial charge < -0.3 is 10.1 Å². The molecule has 0 bridgehead atoms. The number of alkyl halides is 1. The summed E-state index contributed by atoms with van der Waals surface area (Å²) in [4.78, 5) is 12.7. The number of carbonyl (C=O) groups excluding carboxylic acids is 1. The summed E-state index contributed by atoms with van der Waals surface area (Å²) in [6, 6.07) is -0.932. The molecule has 0 radical (unpaired) electrons. The van der Waals surface area contributed by atoms with Gasteiger partial charge in [0.2, 0.25) is 5.88 Å². The molecule has 1 aromatic heterocycles. The number of benzene rings is 1. The molecule has 5 rings (SSSR count). The molecule has 2 aromatic rings. The number of nitrogens with two attached hydrogens (primary N) is 1. The number of nitrogens with one attached hydrogen (secondary N) is 1. The fourth-order valence-electron chi connectivity index (χ4n) is 4.59. The molecular weight excluding hydrogens is 416 g/mol. The monoisotopic (exact) mass is 437 g/mol. The second kappa shape index (κ2) is 6.74. The van der Waals surface area contributed by atoms with Crippen molar-refractivity contribution in [3.63, 3.8) is 0 Å². The fourth-order valence-corrected chi connectivity index (χ4v) is 5.59. The molecule has 160 valence electrons. The minimum absolute atomic E-state index is 0.0137. The second-order valence-electron chi connectivity index (χ2n) is 7.98. The van der Waals surface area contributed by atoms with E-state index in [0.29, 0.717) is 47.3 Å². The van der Waals surface area contributed by atoms with E-state index in [1.54, 1.807) is 0 Å². The maximum absolute atomic E-state index is 14.8. The van der Waals surface area contributed by atoms with Crippen molar-refractivity contribution in [3.05, 3.63) is 34.3 Å². The van der Waals surface area contributed by atoms with Crippen LogP contribution in [0.5, 0.6) is 5.88 Å². The van der Waals surface area contributed by atoms with Crippen LogP contribution in [0.25, 0.3) is 0 Å². The average molecular weight is 437 g/mol. The van der Waals surface area contributed by atoms with E-state index < -0.39 is 22.1 Å². The SMILES string of the molecule is C[C@@H]1Cn2ncc(S(N)(=O)=NC(=O)Nc3c4c(c(F)c5c3C[C@@H](F)C5)CCC4)c2O1. The van der Waals surface area contributed by atoms with Crippen molar-refractivity contribution in [1.82, 2.24) is 9.78 Å². The highest BCUT2D eigenvalue weighted by atomic mass is 32.2. The minimum Gasteiger partial charge on any atom is -0.472 e. The van der Waals surface area contributed by atoms with E-state index in [4.69, 9.17) is 9.88 Å². The maximum Gasteiger partial charge on any atom is 0.354 e. The molecule has 2 heterocycles. The molecule has 0 saturated heterocycles. The quantitative estimate of drug-likeness (QED) is 0.752. The van der Waals surface area contributed by atoms with Crippen molar-refractivity contribution in [2.45, 2.75) is 62.7 Å². The number of amides is 2. The van der Waals surface area contributed by atoms with Gasteiger partial charge in [0.05, 0.1) is 12.7 Å². The van der Waals surface area contributed by atoms with Gasteiger partial charge in [0.15, 0.2) is 9.92 Å². The first-order valence-electron chi connectivity index (χ1n) is 9.82. The summed E-state index contributed by atoms with van der Waals surface area (Å²) in [6.45, 7) is 2.31. The molecule has 1 aromatic carbocycles. The van der Waals surface area contributed by atoms with Crippen molar-refractivity contribution < 1.29 is 22.5 Å². The molecular formula is C19H21F2N5O3S. The number of ether oxygens (including phenoxy) is 1. The standard InChI is InChI=1S/C19H21F2N5O3S/c1-9-8-26-18(29-9)15(7-23-26)30(22,28)25-19(27)24-17-12-4-2-3-11(12)16(21)13-5-10(20)6-14(13)17/h7,9-10H,2-6,8H2,1H3,(H3,22,24,25,27,28)/t9-,10+,30?/m1/s1. The van der Waals surface area contributed by atoms with Gasteiger partial charge in [-0.05, 0) is 48.4 Å². The molecule has 1 unspecified atom stereocenters. The first-order chi connectivity index (χ1) is 14.2. The van der Waals surface area contributed by atoms with Crippen LogP contribution in [0, 0.1) is 5.82 Å². The van der Waals surface area contributed by atoms with Crippen LogP contribution in [-0.4, -0.2) is 32.3 Å². The predicted octanol–water partition coefficient (Wildman–Crippen LogP) is 2.66. The summed E-state index contributed by atoms with van der Waals surface area (Å²) in [7, 11) is -3.63. The van der Waals surface area contributed by atoms with Crippen LogP contribution < -0.4 is 15.2 Å². The van der Waals surface area contributed by atoms with E-state index in [-0.39, 0.29) is 35.5 Å². The highest BCUT2D eigenvalue weighted by Crippen LogP contribution is 2.41. The second-order valence-corrected chi connectivity index (χ2v) is 9.74. The topological polar surface area (TPSA) is 112 Å². The number of anilines is 1. The smallest absolute Gasteiger partial charge is 0.354 e. The molecule has 3 N–H and O–H groups in total. The molecule has 2 amide bonds. The van der Waals surface area contributed by atoms with E-state index >= 15 is 0 Å². The number of halogens is 2. The van der Waals surface area contributed by atoms with Gasteiger partial charge in [-0.3, -0.25) is 0 Å². The summed E-state index contributed by atoms with van der Waals surface area (Å²) >= 11 is 0. The predicted molar refractivity (Wildman–Crippen MR) is 105 cm³/mol. The maximum atomic E-state index is 14.8. The summed E-state index contributed by atoms with van der Waals surface area (Å²) in [6.07, 6.45) is 1.80. The third kappa shape index (κ3) is 2.99. The lowest BCUT2D eigenvalue weighted by Crippen LogP contribution is -2.19. The molecule has 2 aliphatic carbocycles. The normalized spacial score (nSPS) is 23.3. The molecule has 0 saturated carbocycles. The Morgan fingerprint density at radius 3 is 2.87 bits per heavy atom. The lowest BCUT2D eigenvalue weighted by molar-refractivity contribution is 0.248. The minimum atomic E-state index is -3.63. The number of carbonyl (C=O) groups is 1. The van der Waals surface area contributed by atoms with E-state index in [2.05, 4.69) is 14.8 Å². The Hall–Kier alpha value is -2.53. The highest BCUT2D eigenvalue weighted by Gasteiger charge is 2.34. The number of urea groups is 1. The van der Waals surface area contributed by atoms with E-state index in [9.17, 15) is 17.8 Å². The van der Waals surface area contributed by atoms with Crippen LogP contribution in [0.4, 0.5) is 19.3 Å². The first kappa shape index (κ1) is 19.4. The Balaban J connectivity index is 1.51. The summed E-state index contributed by atoms with van der Waals surface area (Å²) < 4.78 is 52.6. The molecule has 11 heteroatoms. The van der Waals surface area contributed by atoms with Gasteiger partial charge in [-0.15, -0.1) is 4.36 Å². The zero-order valence-electron chi connectivity index (χ0n) is 16.3. The van der Waals surface area contributed by atoms with Gasteiger partial charge in [0.1, 0.15) is 23.0 Å². The number of aromatic nitrogens is 2. The molecule has 30 heavy (non-hydrogen) atoms. The van der Waals surface area contributed by atoms with Crippen molar-refractivity contribution in [2.24, 2.45) is 9.50 Å². The lowest BCUT2D eigenvalue weighted by Gasteiger charge is -2.16. The number of nitrogens with zero attached hydrogens (tertiary/aromatic N) is 3. The van der Waals surface area contributed by atoms with Crippen molar-refractivity contribution in [1.29, 1.82) is 0 Å². The Bertz CT molecular complexity index is 1200. The van der Waals surface area contributed by atoms with E-state index in [0.717, 1.165) is 6.42 Å². The van der Waals surface area contributed by atoms with Crippen molar-refractivity contribution in [3.8, 4) is 5.88 Å². The third-order valence-electron chi connectivity index (χ3n) is 5.83. The Labute approximate surface area is 172 Å². The Morgan fingerprint density at radius 1 is 1.33 bits per heavy atom. The lowest BCUT2D eigenvalue weighted by atomic mass is 9.98. The molecule has 3 aliphatic rings. The van der Waals surface area contributed by atoms with Crippen LogP contribution in [0.15, 0.2) is 15.5 Å². The summed E-state index contributed by atoms with van der Waals surface area (Å²) in [5.41, 5.74) is 2.33. The van der Waals surface area contributed by atoms with Crippen LogP contribution in [0.2, 0.25) is 0 Å². The Kier molecular flexibility index (Phi) is 4.37. The largest absolute Gasteiger partial charge is 0.472 e. The number of rotatable bonds is 2. The summed E-state index contributed by atoms with van der Waals surface area (Å²) in [5, 5.41) is 12.6. The van der Waals surface area contributed by atoms with Gasteiger partial charge in [0.25, 0.3) is 0 Å². The van der Waals surface area contributed by atoms with Crippen LogP contribution in [0.1, 0.15) is 35.6 Å². The zero-order valence-corrected chi connectivity index (χ0v) is 17.1. The van der Waals surface area contributed by atoms with Crippen molar-refractivity contribution in [2.75, 3.05) is 5.32 Å². The molecule has 3 atom stereocenters. The molecule has 0 fully saturated rings. The molecule has 8 nitrogen and oxygen atoms in total. The van der Waals surface area contributed by atoms with Gasteiger partial charge in [-0.25, -0.2) is 27.6 Å². The van der Waals surface area contributed by atoms with E-state index in [1.165, 1.54) is 10.9 Å². The number of fused-ring (bicyclic) bond motifs is 3. The zero-order chi connectivity index (χ0) is 21.2. The van der Waals surface area contributed by atoms with Gasteiger partial charge in [-0.2, -0.15) is 5.10 Å². The molecule has 1 aliphatic heterocycles. The van der Waals surface area contributed by atoms with E-state index in [1.807, 2.05) is 6.92 Å². The number of hydrogen-bond donors (Lipinski definition) is 2. The van der Waals surface area contributed by atoms with Gasteiger partial charge in [-0.1, -0.05) is 0 Å². The van der Waals surface area contributed by atoms with Crippen LogP contribution in [-0.2, 0) is 42.1 Å². The average Bonchev–Trinajstić information content (AvgIpc) is 3.40. The third-order valence-corrected chi connectivity index (χ3v) is 7.18. The van der Waals surface area contributed by atoms with Gasteiger partial charge >= 0.3 is 6.03 Å². The summed E-state index contributed by atoms with van der Waals surface area (Å²) in [5.74, 6) is -0.132. The fraction of sp³-hybridized carbons (Fsp3) is 0.474. The van der Waals surface area contributed by atoms with Gasteiger partial charge in [0, 0.05) is 18.5 Å². The van der Waals surface area contributed by atoms with Crippen LogP contribution in [0.3, 0.4) is 0 Å². The highest BCUT2D eigenvalue weighted by molar-refractivity contribution is 7.91.